The smallest absolute Gasteiger partial charge is 0.337 e. The maximum atomic E-state index is 10.8. The summed E-state index contributed by atoms with van der Waals surface area (Å²) in [5.41, 5.74) is 0.588. The average molecular weight is 208 g/mol. The van der Waals surface area contributed by atoms with Crippen LogP contribution < -0.4 is 0 Å². The maximum Gasteiger partial charge on any atom is 0.337 e. The van der Waals surface area contributed by atoms with Crippen LogP contribution in [0, 0.1) is 0 Å². The molecule has 0 heterocycles. The molecule has 15 heavy (non-hydrogen) atoms. The Balaban J connectivity index is 0. The van der Waals surface area contributed by atoms with Crippen LogP contribution in [0.1, 0.15) is 31.1 Å². The molecule has 2 heteroatoms. The molecule has 84 valence electrons. The molecule has 0 amide bonds. The first-order valence-corrected chi connectivity index (χ1v) is 4.96. The van der Waals surface area contributed by atoms with Gasteiger partial charge in [-0.15, -0.1) is 6.58 Å². The topological polar surface area (TPSA) is 26.3 Å². The Morgan fingerprint density at radius 2 is 1.67 bits per heavy atom. The highest BCUT2D eigenvalue weighted by atomic mass is 16.5. The van der Waals surface area contributed by atoms with E-state index in [0.717, 1.165) is 0 Å². The van der Waals surface area contributed by atoms with Crippen LogP contribution in [0.15, 0.2) is 43.0 Å². The number of methoxy groups -OCH3 is 1. The van der Waals surface area contributed by atoms with Crippen molar-refractivity contribution in [2.45, 2.75) is 20.8 Å². The molecule has 0 atom stereocenters. The van der Waals surface area contributed by atoms with E-state index in [1.807, 2.05) is 26.8 Å². The van der Waals surface area contributed by atoms with E-state index >= 15 is 0 Å². The van der Waals surface area contributed by atoms with Crippen molar-refractivity contribution in [3.8, 4) is 0 Å². The zero-order valence-electron chi connectivity index (χ0n) is 9.99. The van der Waals surface area contributed by atoms with Gasteiger partial charge in [0.15, 0.2) is 0 Å². The van der Waals surface area contributed by atoms with Crippen molar-refractivity contribution in [1.29, 1.82) is 0 Å². The van der Waals surface area contributed by atoms with Crippen LogP contribution in [0.2, 0.25) is 0 Å². The molecule has 2 nitrogen and oxygen atoms in total. The number of hydrogen-bond donors (Lipinski definition) is 0. The van der Waals surface area contributed by atoms with Crippen LogP contribution in [0.4, 0.5) is 0 Å². The van der Waals surface area contributed by atoms with Gasteiger partial charge in [-0.25, -0.2) is 4.79 Å². The lowest BCUT2D eigenvalue weighted by molar-refractivity contribution is 0.0601. The number of ether oxygens (including phenoxy) is 1. The summed E-state index contributed by atoms with van der Waals surface area (Å²) in [6, 6.07) is 8.88. The van der Waals surface area contributed by atoms with Crippen molar-refractivity contribution in [3.05, 3.63) is 48.6 Å². The summed E-state index contributed by atoms with van der Waals surface area (Å²) in [5.74, 6) is -0.291. The van der Waals surface area contributed by atoms with E-state index in [9.17, 15) is 4.79 Å². The zero-order chi connectivity index (χ0) is 12.1. The fourth-order valence-corrected chi connectivity index (χ4v) is 0.692. The largest absolute Gasteiger partial charge is 0.465 e. The summed E-state index contributed by atoms with van der Waals surface area (Å²) >= 11 is 0. The molecule has 1 aromatic carbocycles. The molecule has 0 spiro atoms. The van der Waals surface area contributed by atoms with Crippen LogP contribution in [0.5, 0.6) is 0 Å². The van der Waals surface area contributed by atoms with Crippen molar-refractivity contribution < 1.29 is 9.53 Å². The van der Waals surface area contributed by atoms with Crippen LogP contribution in [-0.4, -0.2) is 13.1 Å². The zero-order valence-corrected chi connectivity index (χ0v) is 9.99. The maximum absolute atomic E-state index is 10.8. The van der Waals surface area contributed by atoms with Crippen LogP contribution in [0.25, 0.3) is 0 Å². The lowest BCUT2D eigenvalue weighted by atomic mass is 10.2. The average Bonchev–Trinajstić information content (AvgIpc) is 2.33. The predicted octanol–water partition coefficient (Wildman–Crippen LogP) is 3.69. The quantitative estimate of drug-likeness (QED) is 0.519. The van der Waals surface area contributed by atoms with Crippen LogP contribution >= 0.6 is 0 Å². The van der Waals surface area contributed by atoms with Gasteiger partial charge in [0.1, 0.15) is 0 Å². The Morgan fingerprint density at radius 1 is 1.27 bits per heavy atom. The molecule has 0 N–H and O–H groups in total. The minimum Gasteiger partial charge on any atom is -0.465 e. The second-order valence-electron chi connectivity index (χ2n) is 2.27. The SMILES string of the molecule is C=CC.CC.COC(=O)c1ccccc1. The molecule has 1 aromatic rings. The van der Waals surface area contributed by atoms with Gasteiger partial charge in [0.25, 0.3) is 0 Å². The second kappa shape index (κ2) is 12.4. The molecule has 0 fully saturated rings. The monoisotopic (exact) mass is 208 g/mol. The highest BCUT2D eigenvalue weighted by molar-refractivity contribution is 5.89. The highest BCUT2D eigenvalue weighted by Crippen LogP contribution is 1.98. The molecule has 0 radical (unpaired) electrons. The second-order valence-corrected chi connectivity index (χ2v) is 2.27. The fourth-order valence-electron chi connectivity index (χ4n) is 0.692. The Hall–Kier alpha value is -1.57. The molecule has 0 aliphatic rings. The predicted molar refractivity (Wildman–Crippen MR) is 65.0 cm³/mol. The van der Waals surface area contributed by atoms with Gasteiger partial charge in [-0.3, -0.25) is 0 Å². The first kappa shape index (κ1) is 15.9. The van der Waals surface area contributed by atoms with E-state index in [1.54, 1.807) is 30.3 Å². The van der Waals surface area contributed by atoms with Gasteiger partial charge < -0.3 is 4.74 Å². The number of allylic oxidation sites excluding steroid dienone is 1. The molecule has 1 rings (SSSR count). The van der Waals surface area contributed by atoms with Crippen LogP contribution in [0.3, 0.4) is 0 Å². The van der Waals surface area contributed by atoms with Gasteiger partial charge in [-0.05, 0) is 19.1 Å². The summed E-state index contributed by atoms with van der Waals surface area (Å²) in [5, 5.41) is 0. The molecular weight excluding hydrogens is 188 g/mol. The van der Waals surface area contributed by atoms with Gasteiger partial charge in [0.2, 0.25) is 0 Å². The third-order valence-corrected chi connectivity index (χ3v) is 1.19. The minimum atomic E-state index is -0.291. The van der Waals surface area contributed by atoms with Crippen molar-refractivity contribution in [2.24, 2.45) is 0 Å². The van der Waals surface area contributed by atoms with E-state index in [-0.39, 0.29) is 5.97 Å². The number of carbonyl (C=O) groups excluding carboxylic acids is 1. The van der Waals surface area contributed by atoms with Crippen molar-refractivity contribution in [1.82, 2.24) is 0 Å². The van der Waals surface area contributed by atoms with Gasteiger partial charge in [-0.1, -0.05) is 38.1 Å². The fraction of sp³-hybridized carbons (Fsp3) is 0.308. The van der Waals surface area contributed by atoms with Crippen LogP contribution in [-0.2, 0) is 4.74 Å². The molecule has 0 bridgehead atoms. The van der Waals surface area contributed by atoms with E-state index in [0.29, 0.717) is 5.56 Å². The first-order chi connectivity index (χ1) is 7.26. The Morgan fingerprint density at radius 3 is 2.00 bits per heavy atom. The van der Waals surface area contributed by atoms with E-state index < -0.39 is 0 Å². The van der Waals surface area contributed by atoms with Gasteiger partial charge in [0, 0.05) is 0 Å². The van der Waals surface area contributed by atoms with Crippen molar-refractivity contribution in [3.63, 3.8) is 0 Å². The molecule has 0 unspecified atom stereocenters. The Bertz CT molecular complexity index is 252. The lowest BCUT2D eigenvalue weighted by Crippen LogP contribution is -1.99. The summed E-state index contributed by atoms with van der Waals surface area (Å²) in [7, 11) is 1.37. The third-order valence-electron chi connectivity index (χ3n) is 1.19. The van der Waals surface area contributed by atoms with E-state index in [2.05, 4.69) is 11.3 Å². The minimum absolute atomic E-state index is 0.291. The molecule has 0 saturated heterocycles. The molecule has 0 aliphatic carbocycles. The van der Waals surface area contributed by atoms with E-state index in [1.165, 1.54) is 7.11 Å². The normalized spacial score (nSPS) is 7.20. The summed E-state index contributed by atoms with van der Waals surface area (Å²) in [4.78, 5) is 10.8. The summed E-state index contributed by atoms with van der Waals surface area (Å²) in [6.45, 7) is 9.25. The number of hydrogen-bond acceptors (Lipinski definition) is 2. The number of carbonyl (C=O) groups is 1. The van der Waals surface area contributed by atoms with Gasteiger partial charge in [0.05, 0.1) is 12.7 Å². The number of esters is 1. The molecule has 0 aliphatic heterocycles. The Labute approximate surface area is 92.6 Å². The van der Waals surface area contributed by atoms with E-state index in [4.69, 9.17) is 0 Å². The Kier molecular flexibility index (Phi) is 13.2. The first-order valence-electron chi connectivity index (χ1n) is 4.96. The standard InChI is InChI=1S/C8H8O2.C3H6.C2H6/c1-10-8(9)7-5-3-2-4-6-7;1-3-2;1-2/h2-6H,1H3;3H,1H2,2H3;1-2H3. The summed E-state index contributed by atoms with van der Waals surface area (Å²) < 4.78 is 4.50. The van der Waals surface area contributed by atoms with Gasteiger partial charge in [-0.2, -0.15) is 0 Å². The third kappa shape index (κ3) is 8.75. The molecule has 0 saturated carbocycles. The van der Waals surface area contributed by atoms with Crippen molar-refractivity contribution >= 4 is 5.97 Å². The molecule has 0 aromatic heterocycles. The number of benzene rings is 1. The summed E-state index contributed by atoms with van der Waals surface area (Å²) in [6.07, 6.45) is 1.75. The molecular formula is C13H20O2. The highest BCUT2D eigenvalue weighted by Gasteiger charge is 2.00. The number of rotatable bonds is 1. The lowest BCUT2D eigenvalue weighted by Gasteiger charge is -1.95. The van der Waals surface area contributed by atoms with Crippen molar-refractivity contribution in [2.75, 3.05) is 7.11 Å². The van der Waals surface area contributed by atoms with Gasteiger partial charge >= 0.3 is 5.97 Å².